The number of ether oxygens (including phenoxy) is 1. The van der Waals surface area contributed by atoms with Gasteiger partial charge in [-0.15, -0.1) is 11.6 Å². The van der Waals surface area contributed by atoms with E-state index in [2.05, 4.69) is 27.3 Å². The molecule has 1 aromatic carbocycles. The number of aromatic nitrogens is 4. The van der Waals surface area contributed by atoms with Crippen molar-refractivity contribution in [1.82, 2.24) is 20.2 Å². The fourth-order valence-corrected chi connectivity index (χ4v) is 2.47. The zero-order valence-electron chi connectivity index (χ0n) is 11.2. The van der Waals surface area contributed by atoms with Crippen LogP contribution < -0.4 is 4.90 Å². The lowest BCUT2D eigenvalue weighted by Crippen LogP contribution is -2.50. The van der Waals surface area contributed by atoms with Gasteiger partial charge in [0.25, 0.3) is 5.95 Å². The first-order valence-electron chi connectivity index (χ1n) is 6.57. The molecule has 2 unspecified atom stereocenters. The molecule has 1 aromatic heterocycles. The first-order chi connectivity index (χ1) is 9.79. The monoisotopic (exact) mass is 293 g/mol. The molecule has 20 heavy (non-hydrogen) atoms. The van der Waals surface area contributed by atoms with Gasteiger partial charge in [0.2, 0.25) is 0 Å². The SMILES string of the molecule is CC1COC(CCl)CN1c1nnnn1-c1ccccc1. The number of para-hydroxylation sites is 1. The molecule has 7 heteroatoms. The number of benzene rings is 1. The summed E-state index contributed by atoms with van der Waals surface area (Å²) < 4.78 is 7.40. The Balaban J connectivity index is 1.92. The Morgan fingerprint density at radius 2 is 2.15 bits per heavy atom. The second-order valence-corrected chi connectivity index (χ2v) is 5.15. The Bertz CT molecular complexity index is 561. The minimum Gasteiger partial charge on any atom is -0.373 e. The third kappa shape index (κ3) is 2.48. The number of hydrogen-bond acceptors (Lipinski definition) is 5. The first kappa shape index (κ1) is 13.3. The summed E-state index contributed by atoms with van der Waals surface area (Å²) in [6.45, 7) is 3.41. The van der Waals surface area contributed by atoms with Crippen molar-refractivity contribution in [2.45, 2.75) is 19.1 Å². The van der Waals surface area contributed by atoms with Gasteiger partial charge in [0.1, 0.15) is 0 Å². The Kier molecular flexibility index (Phi) is 3.84. The number of alkyl halides is 1. The van der Waals surface area contributed by atoms with Crippen LogP contribution in [-0.4, -0.2) is 51.4 Å². The van der Waals surface area contributed by atoms with Crippen molar-refractivity contribution in [3.63, 3.8) is 0 Å². The van der Waals surface area contributed by atoms with Crippen LogP contribution >= 0.6 is 11.6 Å². The van der Waals surface area contributed by atoms with E-state index in [-0.39, 0.29) is 12.1 Å². The first-order valence-corrected chi connectivity index (χ1v) is 7.11. The smallest absolute Gasteiger partial charge is 0.250 e. The van der Waals surface area contributed by atoms with E-state index in [0.717, 1.165) is 11.6 Å². The van der Waals surface area contributed by atoms with Crippen molar-refractivity contribution in [3.05, 3.63) is 30.3 Å². The van der Waals surface area contributed by atoms with Crippen LogP contribution in [0.3, 0.4) is 0 Å². The molecule has 0 aliphatic carbocycles. The van der Waals surface area contributed by atoms with Crippen molar-refractivity contribution < 1.29 is 4.74 Å². The molecule has 6 nitrogen and oxygen atoms in total. The maximum Gasteiger partial charge on any atom is 0.250 e. The molecule has 1 saturated heterocycles. The molecule has 3 rings (SSSR count). The highest BCUT2D eigenvalue weighted by Crippen LogP contribution is 2.21. The molecule has 0 saturated carbocycles. The summed E-state index contributed by atoms with van der Waals surface area (Å²) in [6, 6.07) is 10.1. The van der Waals surface area contributed by atoms with Gasteiger partial charge in [-0.25, -0.2) is 0 Å². The minimum atomic E-state index is 0.00814. The van der Waals surface area contributed by atoms with Gasteiger partial charge in [0.15, 0.2) is 0 Å². The lowest BCUT2D eigenvalue weighted by molar-refractivity contribution is 0.0356. The third-order valence-corrected chi connectivity index (χ3v) is 3.73. The number of hydrogen-bond donors (Lipinski definition) is 0. The van der Waals surface area contributed by atoms with E-state index < -0.39 is 0 Å². The van der Waals surface area contributed by atoms with Crippen LogP contribution in [-0.2, 0) is 4.74 Å². The van der Waals surface area contributed by atoms with E-state index in [9.17, 15) is 0 Å². The fourth-order valence-electron chi connectivity index (χ4n) is 2.29. The molecule has 0 bridgehead atoms. The van der Waals surface area contributed by atoms with Gasteiger partial charge in [-0.3, -0.25) is 0 Å². The summed E-state index contributed by atoms with van der Waals surface area (Å²) in [5, 5.41) is 12.1. The fraction of sp³-hybridized carbons (Fsp3) is 0.462. The Hall–Kier alpha value is -1.66. The summed E-state index contributed by atoms with van der Waals surface area (Å²) in [5.41, 5.74) is 0.939. The van der Waals surface area contributed by atoms with Gasteiger partial charge in [0.05, 0.1) is 30.3 Å². The average Bonchev–Trinajstić information content (AvgIpc) is 2.98. The van der Waals surface area contributed by atoms with E-state index in [0.29, 0.717) is 19.0 Å². The molecule has 0 radical (unpaired) electrons. The van der Waals surface area contributed by atoms with Crippen LogP contribution in [0.25, 0.3) is 5.69 Å². The Labute approximate surface area is 122 Å². The molecule has 2 aromatic rings. The summed E-state index contributed by atoms with van der Waals surface area (Å²) in [6.07, 6.45) is 0.00814. The van der Waals surface area contributed by atoms with Crippen LogP contribution in [0.5, 0.6) is 0 Å². The average molecular weight is 294 g/mol. The Morgan fingerprint density at radius 3 is 2.90 bits per heavy atom. The largest absolute Gasteiger partial charge is 0.373 e. The number of nitrogens with zero attached hydrogens (tertiary/aromatic N) is 5. The normalized spacial score (nSPS) is 23.0. The van der Waals surface area contributed by atoms with Crippen molar-refractivity contribution in [1.29, 1.82) is 0 Å². The molecule has 0 spiro atoms. The van der Waals surface area contributed by atoms with Crippen LogP contribution in [0.2, 0.25) is 0 Å². The molecular weight excluding hydrogens is 278 g/mol. The highest BCUT2D eigenvalue weighted by Gasteiger charge is 2.29. The van der Waals surface area contributed by atoms with Crippen LogP contribution in [0.4, 0.5) is 5.95 Å². The highest BCUT2D eigenvalue weighted by molar-refractivity contribution is 6.18. The molecule has 1 aliphatic heterocycles. The third-order valence-electron chi connectivity index (χ3n) is 3.39. The number of morpholine rings is 1. The van der Waals surface area contributed by atoms with Crippen molar-refractivity contribution >= 4 is 17.5 Å². The summed E-state index contributed by atoms with van der Waals surface area (Å²) >= 11 is 5.90. The number of tetrazole rings is 1. The van der Waals surface area contributed by atoms with Crippen LogP contribution in [0.1, 0.15) is 6.92 Å². The number of rotatable bonds is 3. The molecule has 106 valence electrons. The molecule has 0 N–H and O–H groups in total. The summed E-state index contributed by atoms with van der Waals surface area (Å²) in [5.74, 6) is 1.19. The highest BCUT2D eigenvalue weighted by atomic mass is 35.5. The Morgan fingerprint density at radius 1 is 1.35 bits per heavy atom. The summed E-state index contributed by atoms with van der Waals surface area (Å²) in [4.78, 5) is 2.14. The van der Waals surface area contributed by atoms with Gasteiger partial charge in [-0.1, -0.05) is 23.3 Å². The maximum atomic E-state index is 5.90. The van der Waals surface area contributed by atoms with Gasteiger partial charge < -0.3 is 9.64 Å². The molecule has 1 fully saturated rings. The van der Waals surface area contributed by atoms with E-state index in [4.69, 9.17) is 16.3 Å². The standard InChI is InChI=1S/C13H16ClN5O/c1-10-9-20-12(7-14)8-18(10)13-15-16-17-19(13)11-5-3-2-4-6-11/h2-6,10,12H,7-9H2,1H3. The second-order valence-electron chi connectivity index (χ2n) is 4.84. The molecule has 0 amide bonds. The molecule has 1 aliphatic rings. The number of halogens is 1. The van der Waals surface area contributed by atoms with E-state index in [1.807, 2.05) is 30.3 Å². The van der Waals surface area contributed by atoms with Gasteiger partial charge in [-0.2, -0.15) is 4.68 Å². The molecule has 2 atom stereocenters. The van der Waals surface area contributed by atoms with Crippen LogP contribution in [0.15, 0.2) is 30.3 Å². The predicted octanol–water partition coefficient (Wildman–Crippen LogP) is 1.49. The predicted molar refractivity (Wildman–Crippen MR) is 76.4 cm³/mol. The van der Waals surface area contributed by atoms with E-state index >= 15 is 0 Å². The van der Waals surface area contributed by atoms with Crippen molar-refractivity contribution in [3.8, 4) is 5.69 Å². The number of anilines is 1. The van der Waals surface area contributed by atoms with Gasteiger partial charge in [-0.05, 0) is 29.5 Å². The van der Waals surface area contributed by atoms with Gasteiger partial charge >= 0.3 is 0 Å². The topological polar surface area (TPSA) is 56.1 Å². The summed E-state index contributed by atoms with van der Waals surface area (Å²) in [7, 11) is 0. The lowest BCUT2D eigenvalue weighted by Gasteiger charge is -2.37. The van der Waals surface area contributed by atoms with Crippen molar-refractivity contribution in [2.75, 3.05) is 23.9 Å². The van der Waals surface area contributed by atoms with Crippen molar-refractivity contribution in [2.24, 2.45) is 0 Å². The zero-order chi connectivity index (χ0) is 13.9. The lowest BCUT2D eigenvalue weighted by atomic mass is 10.2. The van der Waals surface area contributed by atoms with E-state index in [1.165, 1.54) is 0 Å². The van der Waals surface area contributed by atoms with Gasteiger partial charge in [0, 0.05) is 6.54 Å². The minimum absolute atomic E-state index is 0.00814. The molecule has 2 heterocycles. The molecular formula is C13H16ClN5O. The zero-order valence-corrected chi connectivity index (χ0v) is 11.9. The second kappa shape index (κ2) is 5.76. The quantitative estimate of drug-likeness (QED) is 0.803. The van der Waals surface area contributed by atoms with Crippen LogP contribution in [0, 0.1) is 0 Å². The van der Waals surface area contributed by atoms with E-state index in [1.54, 1.807) is 4.68 Å². The maximum absolute atomic E-state index is 5.90.